The second-order valence-electron chi connectivity index (χ2n) is 6.08. The van der Waals surface area contributed by atoms with E-state index in [2.05, 4.69) is 31.2 Å². The number of rotatable bonds is 8. The molecule has 5 nitrogen and oxygen atoms in total. The number of hydrogen-bond acceptors (Lipinski definition) is 5. The van der Waals surface area contributed by atoms with E-state index in [1.165, 1.54) is 11.1 Å². The Hall–Kier alpha value is -2.66. The third kappa shape index (κ3) is 5.43. The second-order valence-corrected chi connectivity index (χ2v) is 6.51. The molecule has 0 bridgehead atoms. The van der Waals surface area contributed by atoms with Crippen molar-refractivity contribution in [3.05, 3.63) is 77.2 Å². The van der Waals surface area contributed by atoms with Gasteiger partial charge in [0, 0.05) is 43.8 Å². The van der Waals surface area contributed by atoms with Crippen molar-refractivity contribution in [2.45, 2.75) is 12.8 Å². The van der Waals surface area contributed by atoms with Gasteiger partial charge in [-0.25, -0.2) is 4.98 Å². The Morgan fingerprint density at radius 2 is 1.85 bits per heavy atom. The first kappa shape index (κ1) is 18.1. The molecule has 0 saturated heterocycles. The zero-order valence-corrected chi connectivity index (χ0v) is 15.5. The summed E-state index contributed by atoms with van der Waals surface area (Å²) in [6.45, 7) is 1.63. The number of anilines is 2. The maximum Gasteiger partial charge on any atom is 0.226 e. The number of hydrogen-bond donors (Lipinski definition) is 1. The molecule has 0 aliphatic rings. The highest BCUT2D eigenvalue weighted by Gasteiger charge is 2.06. The highest BCUT2D eigenvalue weighted by atomic mass is 35.5. The minimum atomic E-state index is 0.715. The number of likely N-dealkylation sites (N-methyl/N-ethyl adjacent to an activating group) is 1. The van der Waals surface area contributed by atoms with Crippen molar-refractivity contribution in [1.29, 1.82) is 0 Å². The molecule has 0 fully saturated rings. The summed E-state index contributed by atoms with van der Waals surface area (Å²) in [6, 6.07) is 13.9. The molecule has 6 heteroatoms. The summed E-state index contributed by atoms with van der Waals surface area (Å²) in [7, 11) is 2.01. The Bertz CT molecular complexity index is 825. The standard InChI is InChI=1S/C20H22ClN5/c1-26(14-9-16-5-10-22-11-6-16)20-24-13-8-19(25-20)23-12-7-17-3-2-4-18(21)15-17/h2-6,8,10-11,13,15H,7,9,12,14H2,1H3,(H,23,24,25). The van der Waals surface area contributed by atoms with Gasteiger partial charge in [0.15, 0.2) is 0 Å². The van der Waals surface area contributed by atoms with Gasteiger partial charge in [-0.05, 0) is 54.3 Å². The fourth-order valence-corrected chi connectivity index (χ4v) is 2.82. The summed E-state index contributed by atoms with van der Waals surface area (Å²) in [5.41, 5.74) is 2.46. The predicted octanol–water partition coefficient (Wildman–Crippen LogP) is 3.86. The van der Waals surface area contributed by atoms with Gasteiger partial charge in [-0.2, -0.15) is 4.98 Å². The third-order valence-corrected chi connectivity index (χ3v) is 4.31. The van der Waals surface area contributed by atoms with E-state index in [0.29, 0.717) is 5.95 Å². The molecule has 26 heavy (non-hydrogen) atoms. The Morgan fingerprint density at radius 3 is 2.65 bits per heavy atom. The third-order valence-electron chi connectivity index (χ3n) is 4.08. The van der Waals surface area contributed by atoms with Gasteiger partial charge in [0.25, 0.3) is 0 Å². The van der Waals surface area contributed by atoms with Crippen molar-refractivity contribution in [3.63, 3.8) is 0 Å². The van der Waals surface area contributed by atoms with Gasteiger partial charge in [0.05, 0.1) is 0 Å². The van der Waals surface area contributed by atoms with Crippen molar-refractivity contribution >= 4 is 23.4 Å². The maximum absolute atomic E-state index is 6.02. The van der Waals surface area contributed by atoms with Crippen LogP contribution in [0.4, 0.5) is 11.8 Å². The fourth-order valence-electron chi connectivity index (χ4n) is 2.60. The van der Waals surface area contributed by atoms with E-state index in [9.17, 15) is 0 Å². The summed E-state index contributed by atoms with van der Waals surface area (Å²) >= 11 is 6.02. The average molecular weight is 368 g/mol. The van der Waals surface area contributed by atoms with Gasteiger partial charge in [0.1, 0.15) is 5.82 Å². The molecule has 2 aromatic heterocycles. The fraction of sp³-hybridized carbons (Fsp3) is 0.250. The Labute approximate surface area is 159 Å². The Kier molecular flexibility index (Phi) is 6.39. The van der Waals surface area contributed by atoms with Gasteiger partial charge < -0.3 is 10.2 Å². The summed E-state index contributed by atoms with van der Waals surface area (Å²) in [5, 5.41) is 4.12. The predicted molar refractivity (Wildman–Crippen MR) is 107 cm³/mol. The quantitative estimate of drug-likeness (QED) is 0.655. The molecule has 0 amide bonds. The number of nitrogens with one attached hydrogen (secondary N) is 1. The molecule has 1 N–H and O–H groups in total. The molecule has 3 aromatic rings. The van der Waals surface area contributed by atoms with E-state index in [4.69, 9.17) is 11.6 Å². The molecule has 0 atom stereocenters. The molecule has 1 aromatic carbocycles. The molecule has 0 radical (unpaired) electrons. The number of aromatic nitrogens is 3. The van der Waals surface area contributed by atoms with E-state index < -0.39 is 0 Å². The summed E-state index contributed by atoms with van der Waals surface area (Å²) in [6.07, 6.45) is 7.23. The first-order valence-electron chi connectivity index (χ1n) is 8.62. The molecule has 134 valence electrons. The van der Waals surface area contributed by atoms with Crippen LogP contribution in [0.15, 0.2) is 61.1 Å². The van der Waals surface area contributed by atoms with Gasteiger partial charge in [-0.15, -0.1) is 0 Å². The highest BCUT2D eigenvalue weighted by Crippen LogP contribution is 2.13. The van der Waals surface area contributed by atoms with E-state index in [1.807, 2.05) is 55.8 Å². The number of nitrogens with zero attached hydrogens (tertiary/aromatic N) is 4. The lowest BCUT2D eigenvalue weighted by Gasteiger charge is -2.17. The summed E-state index contributed by atoms with van der Waals surface area (Å²) in [5.74, 6) is 1.54. The topological polar surface area (TPSA) is 53.9 Å². The lowest BCUT2D eigenvalue weighted by Crippen LogP contribution is -2.23. The van der Waals surface area contributed by atoms with Crippen LogP contribution >= 0.6 is 11.6 Å². The number of halogens is 1. The largest absolute Gasteiger partial charge is 0.370 e. The second kappa shape index (κ2) is 9.15. The molecular formula is C20H22ClN5. The first-order chi connectivity index (χ1) is 12.7. The van der Waals surface area contributed by atoms with Gasteiger partial charge in [0.2, 0.25) is 5.95 Å². The van der Waals surface area contributed by atoms with Crippen LogP contribution in [-0.4, -0.2) is 35.1 Å². The summed E-state index contributed by atoms with van der Waals surface area (Å²) in [4.78, 5) is 15.1. The zero-order chi connectivity index (χ0) is 18.2. The van der Waals surface area contributed by atoms with Gasteiger partial charge in [-0.1, -0.05) is 23.7 Å². The minimum absolute atomic E-state index is 0.715. The molecular weight excluding hydrogens is 346 g/mol. The van der Waals surface area contributed by atoms with Crippen LogP contribution < -0.4 is 10.2 Å². The lowest BCUT2D eigenvalue weighted by molar-refractivity contribution is 0.835. The van der Waals surface area contributed by atoms with Crippen molar-refractivity contribution < 1.29 is 0 Å². The first-order valence-corrected chi connectivity index (χ1v) is 9.00. The molecule has 3 rings (SSSR count). The SMILES string of the molecule is CN(CCc1ccncc1)c1nccc(NCCc2cccc(Cl)c2)n1. The van der Waals surface area contributed by atoms with E-state index in [0.717, 1.165) is 36.8 Å². The minimum Gasteiger partial charge on any atom is -0.370 e. The van der Waals surface area contributed by atoms with Crippen LogP contribution in [0.25, 0.3) is 0 Å². The van der Waals surface area contributed by atoms with Crippen molar-refractivity contribution in [2.24, 2.45) is 0 Å². The summed E-state index contributed by atoms with van der Waals surface area (Å²) < 4.78 is 0. The van der Waals surface area contributed by atoms with Crippen LogP contribution in [0.3, 0.4) is 0 Å². The molecule has 0 saturated carbocycles. The van der Waals surface area contributed by atoms with E-state index >= 15 is 0 Å². The smallest absolute Gasteiger partial charge is 0.226 e. The molecule has 0 aliphatic carbocycles. The van der Waals surface area contributed by atoms with Gasteiger partial charge >= 0.3 is 0 Å². The molecule has 0 spiro atoms. The normalized spacial score (nSPS) is 10.5. The number of pyridine rings is 1. The van der Waals surface area contributed by atoms with Crippen molar-refractivity contribution in [1.82, 2.24) is 15.0 Å². The Balaban J connectivity index is 1.52. The van der Waals surface area contributed by atoms with E-state index in [1.54, 1.807) is 6.20 Å². The van der Waals surface area contributed by atoms with Crippen LogP contribution in [0.1, 0.15) is 11.1 Å². The van der Waals surface area contributed by atoms with Crippen LogP contribution in [0.5, 0.6) is 0 Å². The monoisotopic (exact) mass is 367 g/mol. The van der Waals surface area contributed by atoms with Crippen LogP contribution in [0.2, 0.25) is 5.02 Å². The molecule has 2 heterocycles. The number of benzene rings is 1. The van der Waals surface area contributed by atoms with Crippen molar-refractivity contribution in [3.8, 4) is 0 Å². The highest BCUT2D eigenvalue weighted by molar-refractivity contribution is 6.30. The van der Waals surface area contributed by atoms with Crippen LogP contribution in [0, 0.1) is 0 Å². The molecule has 0 aliphatic heterocycles. The maximum atomic E-state index is 6.02. The van der Waals surface area contributed by atoms with E-state index in [-0.39, 0.29) is 0 Å². The van der Waals surface area contributed by atoms with Crippen molar-refractivity contribution in [2.75, 3.05) is 30.4 Å². The van der Waals surface area contributed by atoms with Crippen LogP contribution in [-0.2, 0) is 12.8 Å². The Morgan fingerprint density at radius 1 is 1.00 bits per heavy atom. The average Bonchev–Trinajstić information content (AvgIpc) is 2.67. The zero-order valence-electron chi connectivity index (χ0n) is 14.8. The lowest BCUT2D eigenvalue weighted by atomic mass is 10.1. The molecule has 0 unspecified atom stereocenters. The van der Waals surface area contributed by atoms with Gasteiger partial charge in [-0.3, -0.25) is 4.98 Å².